The molecule has 0 radical (unpaired) electrons. The quantitative estimate of drug-likeness (QED) is 0.476. The summed E-state index contributed by atoms with van der Waals surface area (Å²) in [6.45, 7) is 3.63. The number of halogens is 2. The fourth-order valence-electron chi connectivity index (χ4n) is 4.42. The van der Waals surface area contributed by atoms with E-state index in [2.05, 4.69) is 42.3 Å². The van der Waals surface area contributed by atoms with Crippen molar-refractivity contribution < 1.29 is 8.78 Å². The zero-order valence-electron chi connectivity index (χ0n) is 18.1. The van der Waals surface area contributed by atoms with E-state index in [-0.39, 0.29) is 17.3 Å². The van der Waals surface area contributed by atoms with Crippen molar-refractivity contribution in [2.45, 2.75) is 31.2 Å². The summed E-state index contributed by atoms with van der Waals surface area (Å²) in [5.74, 6) is -3.94. The van der Waals surface area contributed by atoms with E-state index in [1.807, 2.05) is 23.3 Å². The van der Waals surface area contributed by atoms with Gasteiger partial charge in [0, 0.05) is 37.0 Å². The van der Waals surface area contributed by atoms with Gasteiger partial charge in [-0.05, 0) is 43.7 Å². The Balaban J connectivity index is 1.30. The molecule has 0 amide bonds. The standard InChI is InChI=1S/C22H21F2N9/c1-13-7-26-21-29-28-20(33(21)30-13)22(23,24)17-3-4-19-14(6-17)5-15(8-25-19)16-9-27-32(10-16)18-11-31(2)12-18/h3-4,6-10,15,18H,5,11-12H2,1-2H3. The number of rotatable bonds is 4. The second kappa shape index (κ2) is 7.20. The molecule has 1 fully saturated rings. The average Bonchev–Trinajstić information content (AvgIpc) is 3.43. The molecule has 11 heteroatoms. The summed E-state index contributed by atoms with van der Waals surface area (Å²) in [5, 5.41) is 16.1. The first kappa shape index (κ1) is 20.0. The number of aliphatic imine (C=N–C) groups is 1. The first-order valence-corrected chi connectivity index (χ1v) is 10.7. The number of hydrogen-bond acceptors (Lipinski definition) is 7. The molecule has 168 valence electrons. The van der Waals surface area contributed by atoms with E-state index in [1.54, 1.807) is 13.0 Å². The molecule has 5 heterocycles. The molecule has 2 aliphatic rings. The van der Waals surface area contributed by atoms with Crippen molar-refractivity contribution in [3.05, 3.63) is 65.0 Å². The molecule has 0 aliphatic carbocycles. The third-order valence-corrected chi connectivity index (χ3v) is 6.27. The Morgan fingerprint density at radius 1 is 1.12 bits per heavy atom. The summed E-state index contributed by atoms with van der Waals surface area (Å²) < 4.78 is 34.0. The molecule has 6 rings (SSSR count). The zero-order chi connectivity index (χ0) is 22.7. The molecule has 9 nitrogen and oxygen atoms in total. The van der Waals surface area contributed by atoms with Gasteiger partial charge in [0.05, 0.1) is 29.8 Å². The van der Waals surface area contributed by atoms with E-state index in [0.717, 1.165) is 28.7 Å². The van der Waals surface area contributed by atoms with Gasteiger partial charge in [0.2, 0.25) is 5.82 Å². The number of alkyl halides is 2. The van der Waals surface area contributed by atoms with E-state index in [1.165, 1.54) is 18.3 Å². The SMILES string of the molecule is Cc1cnc2nnc(C(F)(F)c3ccc4c(c3)CC(c3cnn(C5CN(C)C5)c3)C=N4)n2n1. The van der Waals surface area contributed by atoms with Gasteiger partial charge in [0.25, 0.3) is 5.78 Å². The van der Waals surface area contributed by atoms with Gasteiger partial charge >= 0.3 is 5.92 Å². The number of aromatic nitrogens is 7. The summed E-state index contributed by atoms with van der Waals surface area (Å²) in [4.78, 5) is 10.8. The molecule has 0 saturated carbocycles. The predicted molar refractivity (Wildman–Crippen MR) is 116 cm³/mol. The number of likely N-dealkylation sites (N-methyl/N-ethyl adjacent to an activating group) is 1. The van der Waals surface area contributed by atoms with Crippen LogP contribution >= 0.6 is 0 Å². The molecular formula is C22H21F2N9. The highest BCUT2D eigenvalue weighted by atomic mass is 19.3. The Bertz CT molecular complexity index is 1380. The van der Waals surface area contributed by atoms with Gasteiger partial charge in [0.15, 0.2) is 0 Å². The van der Waals surface area contributed by atoms with E-state index in [4.69, 9.17) is 0 Å². The van der Waals surface area contributed by atoms with Crippen LogP contribution in [0.1, 0.15) is 40.2 Å². The van der Waals surface area contributed by atoms with Crippen LogP contribution in [0.4, 0.5) is 14.5 Å². The number of nitrogens with zero attached hydrogens (tertiary/aromatic N) is 9. The summed E-state index contributed by atoms with van der Waals surface area (Å²) in [6.07, 6.45) is 7.80. The maximum absolute atomic E-state index is 15.5. The molecule has 1 aromatic carbocycles. The van der Waals surface area contributed by atoms with Crippen LogP contribution < -0.4 is 0 Å². The maximum Gasteiger partial charge on any atom is 0.333 e. The molecule has 0 bridgehead atoms. The minimum absolute atomic E-state index is 0.0182. The van der Waals surface area contributed by atoms with Crippen molar-refractivity contribution in [2.24, 2.45) is 4.99 Å². The number of benzene rings is 1. The van der Waals surface area contributed by atoms with Gasteiger partial charge in [-0.2, -0.15) is 23.5 Å². The third-order valence-electron chi connectivity index (χ3n) is 6.27. The van der Waals surface area contributed by atoms with Crippen LogP contribution in [-0.2, 0) is 12.3 Å². The van der Waals surface area contributed by atoms with E-state index < -0.39 is 11.7 Å². The summed E-state index contributed by atoms with van der Waals surface area (Å²) in [6, 6.07) is 4.89. The van der Waals surface area contributed by atoms with Gasteiger partial charge in [0.1, 0.15) is 0 Å². The summed E-state index contributed by atoms with van der Waals surface area (Å²) in [5.41, 5.74) is 2.80. The minimum Gasteiger partial charge on any atom is -0.302 e. The maximum atomic E-state index is 15.5. The highest BCUT2D eigenvalue weighted by Crippen LogP contribution is 2.39. The molecule has 0 N–H and O–H groups in total. The molecule has 4 aromatic rings. The molecule has 1 unspecified atom stereocenters. The molecule has 1 atom stereocenters. The second-order valence-corrected chi connectivity index (χ2v) is 8.77. The average molecular weight is 449 g/mol. The summed E-state index contributed by atoms with van der Waals surface area (Å²) >= 11 is 0. The fraction of sp³-hybridized carbons (Fsp3) is 0.364. The second-order valence-electron chi connectivity index (χ2n) is 8.77. The topological polar surface area (TPSA) is 89.4 Å². The predicted octanol–water partition coefficient (Wildman–Crippen LogP) is 2.69. The van der Waals surface area contributed by atoms with Gasteiger partial charge in [-0.1, -0.05) is 6.07 Å². The Morgan fingerprint density at radius 2 is 1.97 bits per heavy atom. The van der Waals surface area contributed by atoms with E-state index >= 15 is 8.78 Å². The number of likely N-dealkylation sites (tertiary alicyclic amines) is 1. The lowest BCUT2D eigenvalue weighted by Gasteiger charge is -2.36. The minimum atomic E-state index is -3.39. The smallest absolute Gasteiger partial charge is 0.302 e. The Morgan fingerprint density at radius 3 is 2.79 bits per heavy atom. The molecule has 33 heavy (non-hydrogen) atoms. The van der Waals surface area contributed by atoms with Gasteiger partial charge in [-0.15, -0.1) is 10.2 Å². The molecule has 0 spiro atoms. The van der Waals surface area contributed by atoms with Crippen LogP contribution in [0, 0.1) is 6.92 Å². The molecule has 1 saturated heterocycles. The van der Waals surface area contributed by atoms with Crippen LogP contribution in [0.3, 0.4) is 0 Å². The van der Waals surface area contributed by atoms with E-state index in [9.17, 15) is 0 Å². The van der Waals surface area contributed by atoms with Crippen molar-refractivity contribution in [1.82, 2.24) is 39.5 Å². The highest BCUT2D eigenvalue weighted by molar-refractivity contribution is 5.76. The lowest BCUT2D eigenvalue weighted by molar-refractivity contribution is 0.0304. The Labute approximate surface area is 187 Å². The fourth-order valence-corrected chi connectivity index (χ4v) is 4.42. The van der Waals surface area contributed by atoms with Crippen LogP contribution in [0.15, 0.2) is 41.8 Å². The largest absolute Gasteiger partial charge is 0.333 e. The number of hydrogen-bond donors (Lipinski definition) is 0. The van der Waals surface area contributed by atoms with Crippen LogP contribution in [0.5, 0.6) is 0 Å². The molecular weight excluding hydrogens is 428 g/mol. The molecule has 3 aromatic heterocycles. The normalized spacial score (nSPS) is 19.1. The van der Waals surface area contributed by atoms with Crippen LogP contribution in [0.25, 0.3) is 5.78 Å². The highest BCUT2D eigenvalue weighted by Gasteiger charge is 2.41. The number of fused-ring (bicyclic) bond motifs is 2. The number of aryl methyl sites for hydroxylation is 1. The Hall–Kier alpha value is -3.60. The van der Waals surface area contributed by atoms with Crippen LogP contribution in [0.2, 0.25) is 0 Å². The van der Waals surface area contributed by atoms with Crippen molar-refractivity contribution in [2.75, 3.05) is 20.1 Å². The first-order chi connectivity index (χ1) is 15.9. The Kier molecular flexibility index (Phi) is 4.37. The lowest BCUT2D eigenvalue weighted by Crippen LogP contribution is -2.45. The van der Waals surface area contributed by atoms with E-state index in [0.29, 0.717) is 23.8 Å². The first-order valence-electron chi connectivity index (χ1n) is 10.7. The van der Waals surface area contributed by atoms with Crippen molar-refractivity contribution in [1.29, 1.82) is 0 Å². The lowest BCUT2D eigenvalue weighted by atomic mass is 9.90. The third kappa shape index (κ3) is 3.30. The van der Waals surface area contributed by atoms with Crippen LogP contribution in [-0.4, -0.2) is 65.8 Å². The monoisotopic (exact) mass is 449 g/mol. The van der Waals surface area contributed by atoms with Gasteiger partial charge in [-0.25, -0.2) is 4.98 Å². The summed E-state index contributed by atoms with van der Waals surface area (Å²) in [7, 11) is 2.08. The van der Waals surface area contributed by atoms with Crippen molar-refractivity contribution in [3.8, 4) is 0 Å². The molecule has 2 aliphatic heterocycles. The van der Waals surface area contributed by atoms with Crippen molar-refractivity contribution in [3.63, 3.8) is 0 Å². The zero-order valence-corrected chi connectivity index (χ0v) is 18.1. The van der Waals surface area contributed by atoms with Gasteiger partial charge < -0.3 is 4.90 Å². The van der Waals surface area contributed by atoms with Gasteiger partial charge in [-0.3, -0.25) is 9.67 Å². The van der Waals surface area contributed by atoms with Crippen molar-refractivity contribution >= 4 is 17.7 Å².